The van der Waals surface area contributed by atoms with Crippen molar-refractivity contribution in [2.75, 3.05) is 0 Å². The fraction of sp³-hybridized carbons (Fsp3) is 0.0952. The maximum Gasteiger partial charge on any atom is -1.00 e. The molecule has 0 radical (unpaired) electrons. The second kappa shape index (κ2) is 13.3. The van der Waals surface area contributed by atoms with Crippen molar-refractivity contribution in [3.8, 4) is 0 Å². The van der Waals surface area contributed by atoms with Gasteiger partial charge < -0.3 is 12.4 Å². The van der Waals surface area contributed by atoms with Gasteiger partial charge in [-0.2, -0.15) is 0 Å². The summed E-state index contributed by atoms with van der Waals surface area (Å²) in [5, 5.41) is 2.18. The number of hydrogen-bond acceptors (Lipinski definition) is 3. The van der Waals surface area contributed by atoms with Crippen LogP contribution in [0.4, 0.5) is 11.4 Å². The molecule has 0 bridgehead atoms. The van der Waals surface area contributed by atoms with Gasteiger partial charge in [-0.15, -0.1) is 0 Å². The van der Waals surface area contributed by atoms with Gasteiger partial charge in [0.1, 0.15) is 5.69 Å². The summed E-state index contributed by atoms with van der Waals surface area (Å²) in [6, 6.07) is 14.4. The molecule has 30 heavy (non-hydrogen) atoms. The minimum atomic E-state index is 0. The van der Waals surface area contributed by atoms with E-state index < -0.39 is 0 Å². The molecule has 0 saturated carbocycles. The second-order valence-electron chi connectivity index (χ2n) is 5.67. The molecule has 158 valence electrons. The average Bonchev–Trinajstić information content (AvgIpc) is 2.69. The summed E-state index contributed by atoms with van der Waals surface area (Å²) in [6.07, 6.45) is 3.48. The zero-order chi connectivity index (χ0) is 21.4. The van der Waals surface area contributed by atoms with E-state index >= 15 is 0 Å². The predicted molar refractivity (Wildman–Crippen MR) is 122 cm³/mol. The molecule has 3 rings (SSSR count). The van der Waals surface area contributed by atoms with Crippen LogP contribution in [0.25, 0.3) is 0 Å². The molecule has 0 N–H and O–H groups in total. The van der Waals surface area contributed by atoms with Crippen molar-refractivity contribution >= 4 is 68.1 Å². The average molecular weight is 543 g/mol. The summed E-state index contributed by atoms with van der Waals surface area (Å²) in [5.41, 5.74) is 2.96. The molecule has 1 aromatic heterocycles. The van der Waals surface area contributed by atoms with Crippen molar-refractivity contribution in [3.63, 3.8) is 0 Å². The van der Waals surface area contributed by atoms with E-state index in [0.717, 1.165) is 11.3 Å². The van der Waals surface area contributed by atoms with Gasteiger partial charge in [0.15, 0.2) is 0 Å². The first-order chi connectivity index (χ1) is 13.8. The van der Waals surface area contributed by atoms with E-state index in [2.05, 4.69) is 31.0 Å². The van der Waals surface area contributed by atoms with Crippen LogP contribution in [-0.4, -0.2) is 15.3 Å². The van der Waals surface area contributed by atoms with Crippen molar-refractivity contribution in [2.45, 2.75) is 13.8 Å². The first-order valence-electron chi connectivity index (χ1n) is 8.33. The molecule has 0 aliphatic heterocycles. The SMILES string of the molecule is CC(=Nc1c(Cl)cccc1Cl)c1cccnc1.C[C]([Fe+])=Nc1c(Cl)cccc1Cl.[Cl-]. The fourth-order valence-corrected chi connectivity index (χ4v) is 3.24. The molecule has 1 heterocycles. The molecule has 0 spiro atoms. The Kier molecular flexibility index (Phi) is 12.0. The number of aromatic nitrogens is 1. The van der Waals surface area contributed by atoms with Gasteiger partial charge in [-0.3, -0.25) is 4.98 Å². The third kappa shape index (κ3) is 8.20. The largest absolute Gasteiger partial charge is 1.00 e. The van der Waals surface area contributed by atoms with Gasteiger partial charge in [-0.1, -0.05) is 35.3 Å². The number of hydrogen-bond donors (Lipinski definition) is 0. The van der Waals surface area contributed by atoms with Crippen molar-refractivity contribution < 1.29 is 28.4 Å². The molecular weight excluding hydrogens is 527 g/mol. The number of halogens is 5. The summed E-state index contributed by atoms with van der Waals surface area (Å²) < 4.78 is 0.685. The van der Waals surface area contributed by atoms with Crippen LogP contribution in [0.1, 0.15) is 19.4 Å². The number of para-hydroxylation sites is 2. The van der Waals surface area contributed by atoms with Crippen LogP contribution >= 0.6 is 46.4 Å². The molecule has 0 fully saturated rings. The van der Waals surface area contributed by atoms with E-state index in [1.807, 2.05) is 19.1 Å². The van der Waals surface area contributed by atoms with Gasteiger partial charge in [0.05, 0.1) is 10.0 Å². The number of pyridine rings is 1. The zero-order valence-electron chi connectivity index (χ0n) is 15.9. The molecule has 0 amide bonds. The Bertz CT molecular complexity index is 996. The third-order valence-electron chi connectivity index (χ3n) is 3.50. The molecule has 0 saturated heterocycles. The van der Waals surface area contributed by atoms with Crippen LogP contribution < -0.4 is 12.4 Å². The number of benzene rings is 2. The number of aliphatic imine (C=N–C) groups is 2. The number of nitrogens with zero attached hydrogens (tertiary/aromatic N) is 3. The molecule has 0 unspecified atom stereocenters. The smallest absolute Gasteiger partial charge is 1.00 e. The molecule has 0 aliphatic rings. The summed E-state index contributed by atoms with van der Waals surface area (Å²) in [4.78, 5) is 12.6. The molecule has 3 nitrogen and oxygen atoms in total. The summed E-state index contributed by atoms with van der Waals surface area (Å²) >= 11 is 27.5. The van der Waals surface area contributed by atoms with Crippen LogP contribution in [0.5, 0.6) is 0 Å². The summed E-state index contributed by atoms with van der Waals surface area (Å²) in [6.45, 7) is 3.69. The Morgan fingerprint density at radius 3 is 1.63 bits per heavy atom. The van der Waals surface area contributed by atoms with Crippen LogP contribution in [-0.2, 0) is 16.0 Å². The molecular formula is C21H16Cl5FeN3. The van der Waals surface area contributed by atoms with Crippen molar-refractivity contribution in [1.29, 1.82) is 0 Å². The molecule has 9 heteroatoms. The summed E-state index contributed by atoms with van der Waals surface area (Å²) in [7, 11) is 0. The Balaban J connectivity index is 0.000000308. The first-order valence-corrected chi connectivity index (χ1v) is 10.4. The van der Waals surface area contributed by atoms with Gasteiger partial charge >= 0.3 is 89.7 Å². The van der Waals surface area contributed by atoms with E-state index in [-0.39, 0.29) is 12.4 Å². The quantitative estimate of drug-likeness (QED) is 0.334. The van der Waals surface area contributed by atoms with Gasteiger partial charge in [-0.05, 0) is 25.1 Å². The van der Waals surface area contributed by atoms with Crippen molar-refractivity contribution in [1.82, 2.24) is 4.98 Å². The van der Waals surface area contributed by atoms with Crippen LogP contribution in [0, 0.1) is 0 Å². The minimum absolute atomic E-state index is 0. The van der Waals surface area contributed by atoms with E-state index in [0.29, 0.717) is 36.1 Å². The number of rotatable bonds is 3. The topological polar surface area (TPSA) is 37.6 Å². The zero-order valence-corrected chi connectivity index (χ0v) is 20.7. The van der Waals surface area contributed by atoms with Gasteiger partial charge in [-0.25, -0.2) is 4.99 Å². The van der Waals surface area contributed by atoms with Gasteiger partial charge in [0, 0.05) is 23.7 Å². The standard InChI is InChI=1S/C13H10Cl2N2.C8H6Cl2N.ClH.Fe/c1-9(10-4-3-7-16-8-10)17-13-11(14)5-2-6-12(13)15;1-2-11-8-6(9)4-3-5-7(8)10;;/h2-8H,1H3;3-5H,1H3;1H;/q;;;+1/p-1. The van der Waals surface area contributed by atoms with E-state index in [9.17, 15) is 0 Å². The first kappa shape index (κ1) is 26.9. The Labute approximate surface area is 210 Å². The van der Waals surface area contributed by atoms with Crippen molar-refractivity contribution in [3.05, 3.63) is 86.6 Å². The van der Waals surface area contributed by atoms with Gasteiger partial charge in [0.25, 0.3) is 0 Å². The predicted octanol–water partition coefficient (Wildman–Crippen LogP) is 5.12. The third-order valence-corrected chi connectivity index (χ3v) is 4.84. The minimum Gasteiger partial charge on any atom is -1.00 e. The Hall–Kier alpha value is -1.10. The van der Waals surface area contributed by atoms with Crippen LogP contribution in [0.3, 0.4) is 0 Å². The molecule has 2 aromatic carbocycles. The summed E-state index contributed by atoms with van der Waals surface area (Å²) in [5.74, 6) is 0. The Morgan fingerprint density at radius 2 is 1.23 bits per heavy atom. The van der Waals surface area contributed by atoms with E-state index in [4.69, 9.17) is 46.4 Å². The Morgan fingerprint density at radius 1 is 0.767 bits per heavy atom. The maximum absolute atomic E-state index is 6.05. The van der Waals surface area contributed by atoms with Crippen LogP contribution in [0.2, 0.25) is 20.1 Å². The van der Waals surface area contributed by atoms with Gasteiger partial charge in [0.2, 0.25) is 0 Å². The normalized spacial score (nSPS) is 11.3. The second-order valence-corrected chi connectivity index (χ2v) is 8.10. The molecule has 3 aromatic rings. The fourth-order valence-electron chi connectivity index (χ4n) is 2.15. The monoisotopic (exact) mass is 541 g/mol. The van der Waals surface area contributed by atoms with E-state index in [1.165, 1.54) is 0 Å². The maximum atomic E-state index is 6.05. The molecule has 0 aliphatic carbocycles. The van der Waals surface area contributed by atoms with Crippen LogP contribution in [0.15, 0.2) is 70.9 Å². The van der Waals surface area contributed by atoms with Crippen molar-refractivity contribution in [2.24, 2.45) is 9.98 Å². The van der Waals surface area contributed by atoms with E-state index in [1.54, 1.807) is 55.7 Å². The molecule has 0 atom stereocenters.